The van der Waals surface area contributed by atoms with E-state index in [1.165, 1.54) is 57.1 Å². The molecule has 1 N–H and O–H groups in total. The average molecular weight is 293 g/mol. The molecule has 0 aliphatic heterocycles. The van der Waals surface area contributed by atoms with Gasteiger partial charge in [0.25, 0.3) is 0 Å². The molecule has 2 fully saturated rings. The molecule has 0 radical (unpaired) electrons. The van der Waals surface area contributed by atoms with Crippen molar-refractivity contribution in [1.29, 1.82) is 0 Å². The second kappa shape index (κ2) is 6.91. The highest BCUT2D eigenvalue weighted by molar-refractivity contribution is 6.31. The van der Waals surface area contributed by atoms with Gasteiger partial charge in [0, 0.05) is 18.4 Å². The topological polar surface area (TPSA) is 24.9 Å². The van der Waals surface area contributed by atoms with E-state index in [1.54, 1.807) is 6.20 Å². The third kappa shape index (κ3) is 3.95. The van der Waals surface area contributed by atoms with E-state index in [-0.39, 0.29) is 0 Å². The van der Waals surface area contributed by atoms with Gasteiger partial charge in [0.2, 0.25) is 0 Å². The summed E-state index contributed by atoms with van der Waals surface area (Å²) in [5, 5.41) is 4.58. The van der Waals surface area contributed by atoms with E-state index in [2.05, 4.69) is 16.4 Å². The van der Waals surface area contributed by atoms with Crippen LogP contribution in [0.25, 0.3) is 0 Å². The van der Waals surface area contributed by atoms with Gasteiger partial charge in [0.05, 0.1) is 5.02 Å². The lowest BCUT2D eigenvalue weighted by Crippen LogP contribution is -2.30. The number of hydrogen-bond donors (Lipinski definition) is 1. The minimum atomic E-state index is 0.781. The molecular formula is C17H25ClN2. The highest BCUT2D eigenvalue weighted by Crippen LogP contribution is 2.33. The Morgan fingerprint density at radius 3 is 2.65 bits per heavy atom. The Kier molecular flexibility index (Phi) is 4.95. The van der Waals surface area contributed by atoms with Gasteiger partial charge in [-0.1, -0.05) is 30.9 Å². The second-order valence-electron chi connectivity index (χ2n) is 6.51. The van der Waals surface area contributed by atoms with Gasteiger partial charge >= 0.3 is 0 Å². The molecule has 2 unspecified atom stereocenters. The Hall–Kier alpha value is -0.600. The fraction of sp³-hybridized carbons (Fsp3) is 0.706. The third-order valence-corrected chi connectivity index (χ3v) is 5.24. The van der Waals surface area contributed by atoms with Crippen LogP contribution >= 0.6 is 11.6 Å². The summed E-state index contributed by atoms with van der Waals surface area (Å²) in [5.74, 6) is 1.60. The summed E-state index contributed by atoms with van der Waals surface area (Å²) in [5.41, 5.74) is 1.28. The van der Waals surface area contributed by atoms with E-state index < -0.39 is 0 Å². The van der Waals surface area contributed by atoms with E-state index in [4.69, 9.17) is 11.6 Å². The number of nitrogens with zero attached hydrogens (tertiary/aromatic N) is 1. The summed E-state index contributed by atoms with van der Waals surface area (Å²) < 4.78 is 0. The zero-order valence-corrected chi connectivity index (χ0v) is 12.9. The SMILES string of the molecule is Clc1cnccc1CC1CCCCCC1CNC1CC1. The number of rotatable bonds is 5. The van der Waals surface area contributed by atoms with Crippen LogP contribution in [0.15, 0.2) is 18.5 Å². The first-order chi connectivity index (χ1) is 9.83. The lowest BCUT2D eigenvalue weighted by Gasteiger charge is -2.26. The second-order valence-corrected chi connectivity index (χ2v) is 6.92. The lowest BCUT2D eigenvalue weighted by atomic mass is 9.83. The van der Waals surface area contributed by atoms with Gasteiger partial charge in [0.15, 0.2) is 0 Å². The summed E-state index contributed by atoms with van der Waals surface area (Å²) in [4.78, 5) is 4.10. The van der Waals surface area contributed by atoms with E-state index >= 15 is 0 Å². The standard InChI is InChI=1S/C17H25ClN2/c18-17-12-19-9-8-14(17)10-13-4-2-1-3-5-15(13)11-20-16-6-7-16/h8-9,12-13,15-16,20H,1-7,10-11H2. The van der Waals surface area contributed by atoms with Crippen LogP contribution in [0.2, 0.25) is 5.02 Å². The van der Waals surface area contributed by atoms with Gasteiger partial charge in [0.1, 0.15) is 0 Å². The molecule has 1 aromatic rings. The highest BCUT2D eigenvalue weighted by atomic mass is 35.5. The summed E-state index contributed by atoms with van der Waals surface area (Å²) >= 11 is 6.29. The molecule has 0 aromatic carbocycles. The molecule has 2 saturated carbocycles. The average Bonchev–Trinajstić information content (AvgIpc) is 3.27. The van der Waals surface area contributed by atoms with E-state index in [0.29, 0.717) is 0 Å². The van der Waals surface area contributed by atoms with Gasteiger partial charge < -0.3 is 5.32 Å². The maximum atomic E-state index is 6.29. The van der Waals surface area contributed by atoms with Crippen molar-refractivity contribution in [1.82, 2.24) is 10.3 Å². The molecular weight excluding hydrogens is 268 g/mol. The minimum Gasteiger partial charge on any atom is -0.314 e. The molecule has 20 heavy (non-hydrogen) atoms. The van der Waals surface area contributed by atoms with E-state index in [0.717, 1.165) is 29.3 Å². The fourth-order valence-electron chi connectivity index (χ4n) is 3.46. The molecule has 0 bridgehead atoms. The third-order valence-electron chi connectivity index (χ3n) is 4.90. The maximum Gasteiger partial charge on any atom is 0.0621 e. The quantitative estimate of drug-likeness (QED) is 0.822. The molecule has 3 rings (SSSR count). The summed E-state index contributed by atoms with van der Waals surface area (Å²) in [7, 11) is 0. The molecule has 1 aromatic heterocycles. The summed E-state index contributed by atoms with van der Waals surface area (Å²) in [6, 6.07) is 2.92. The molecule has 0 saturated heterocycles. The van der Waals surface area contributed by atoms with Crippen molar-refractivity contribution in [3.05, 3.63) is 29.0 Å². The maximum absolute atomic E-state index is 6.29. The van der Waals surface area contributed by atoms with Gasteiger partial charge in [-0.25, -0.2) is 0 Å². The molecule has 1 heterocycles. The molecule has 2 atom stereocenters. The Balaban J connectivity index is 1.64. The molecule has 3 heteroatoms. The van der Waals surface area contributed by atoms with Crippen molar-refractivity contribution in [2.75, 3.05) is 6.54 Å². The number of nitrogens with one attached hydrogen (secondary N) is 1. The van der Waals surface area contributed by atoms with Gasteiger partial charge in [-0.15, -0.1) is 0 Å². The normalized spacial score (nSPS) is 27.2. The number of pyridine rings is 1. The molecule has 2 aliphatic carbocycles. The monoisotopic (exact) mass is 292 g/mol. The van der Waals surface area contributed by atoms with Crippen LogP contribution in [-0.2, 0) is 6.42 Å². The zero-order chi connectivity index (χ0) is 13.8. The van der Waals surface area contributed by atoms with Crippen molar-refractivity contribution in [2.45, 2.75) is 57.4 Å². The first-order valence-electron chi connectivity index (χ1n) is 8.14. The van der Waals surface area contributed by atoms with Crippen molar-refractivity contribution < 1.29 is 0 Å². The van der Waals surface area contributed by atoms with Gasteiger partial charge in [-0.3, -0.25) is 4.98 Å². The Morgan fingerprint density at radius 1 is 1.10 bits per heavy atom. The van der Waals surface area contributed by atoms with Crippen LogP contribution in [0.3, 0.4) is 0 Å². The first kappa shape index (κ1) is 14.3. The molecule has 110 valence electrons. The number of halogens is 1. The van der Waals surface area contributed by atoms with E-state index in [9.17, 15) is 0 Å². The zero-order valence-electron chi connectivity index (χ0n) is 12.2. The predicted octanol–water partition coefficient (Wildman–Crippen LogP) is 4.23. The molecule has 2 aliphatic rings. The Labute approximate surface area is 127 Å². The van der Waals surface area contributed by atoms with Crippen LogP contribution in [0, 0.1) is 11.8 Å². The molecule has 2 nitrogen and oxygen atoms in total. The van der Waals surface area contributed by atoms with Crippen molar-refractivity contribution in [3.63, 3.8) is 0 Å². The minimum absolute atomic E-state index is 0.781. The fourth-order valence-corrected chi connectivity index (χ4v) is 3.65. The molecule has 0 amide bonds. The predicted molar refractivity (Wildman–Crippen MR) is 84.0 cm³/mol. The van der Waals surface area contributed by atoms with Crippen LogP contribution in [0.5, 0.6) is 0 Å². The van der Waals surface area contributed by atoms with Gasteiger partial charge in [-0.05, 0) is 62.1 Å². The summed E-state index contributed by atoms with van der Waals surface area (Å²) in [6.45, 7) is 1.21. The molecule has 0 spiro atoms. The number of aromatic nitrogens is 1. The van der Waals surface area contributed by atoms with Gasteiger partial charge in [-0.2, -0.15) is 0 Å². The highest BCUT2D eigenvalue weighted by Gasteiger charge is 2.27. The van der Waals surface area contributed by atoms with E-state index in [1.807, 2.05) is 6.20 Å². The Bertz CT molecular complexity index is 431. The van der Waals surface area contributed by atoms with Crippen molar-refractivity contribution in [3.8, 4) is 0 Å². The van der Waals surface area contributed by atoms with Crippen LogP contribution < -0.4 is 5.32 Å². The van der Waals surface area contributed by atoms with Crippen LogP contribution in [-0.4, -0.2) is 17.6 Å². The lowest BCUT2D eigenvalue weighted by molar-refractivity contribution is 0.297. The first-order valence-corrected chi connectivity index (χ1v) is 8.52. The smallest absolute Gasteiger partial charge is 0.0621 e. The summed E-state index contributed by atoms with van der Waals surface area (Å²) in [6.07, 6.45) is 14.5. The number of hydrogen-bond acceptors (Lipinski definition) is 2. The van der Waals surface area contributed by atoms with Crippen LogP contribution in [0.4, 0.5) is 0 Å². The Morgan fingerprint density at radius 2 is 1.90 bits per heavy atom. The van der Waals surface area contributed by atoms with Crippen molar-refractivity contribution >= 4 is 11.6 Å². The van der Waals surface area contributed by atoms with Crippen LogP contribution in [0.1, 0.15) is 50.5 Å². The van der Waals surface area contributed by atoms with Crippen molar-refractivity contribution in [2.24, 2.45) is 11.8 Å². The largest absolute Gasteiger partial charge is 0.314 e.